The van der Waals surface area contributed by atoms with Crippen LogP contribution in [-0.2, 0) is 17.8 Å². The number of nitrogens with zero attached hydrogens (tertiary/aromatic N) is 1. The summed E-state index contributed by atoms with van der Waals surface area (Å²) >= 11 is 0. The lowest BCUT2D eigenvalue weighted by Crippen LogP contribution is -2.35. The first-order valence-corrected chi connectivity index (χ1v) is 10.3. The van der Waals surface area contributed by atoms with Gasteiger partial charge >= 0.3 is 5.97 Å². The molecule has 3 aromatic carbocycles. The minimum absolute atomic E-state index is 0.110. The van der Waals surface area contributed by atoms with Gasteiger partial charge in [-0.25, -0.2) is 4.79 Å². The van der Waals surface area contributed by atoms with E-state index in [2.05, 4.69) is 0 Å². The number of carboxylic acid groups (broad SMARTS) is 1. The predicted octanol–water partition coefficient (Wildman–Crippen LogP) is 5.18. The molecule has 0 saturated heterocycles. The smallest absolute Gasteiger partial charge is 0.335 e. The number of amides is 1. The Kier molecular flexibility index (Phi) is 7.08. The predicted molar refractivity (Wildman–Crippen MR) is 122 cm³/mol. The van der Waals surface area contributed by atoms with Crippen LogP contribution in [-0.4, -0.2) is 23.6 Å². The van der Waals surface area contributed by atoms with Crippen LogP contribution in [0.3, 0.4) is 0 Å². The molecule has 0 spiro atoms. The first kappa shape index (κ1) is 22.1. The molecule has 3 rings (SSSR count). The first-order chi connectivity index (χ1) is 14.9. The quantitative estimate of drug-likeness (QED) is 0.549. The van der Waals surface area contributed by atoms with Gasteiger partial charge in [0.05, 0.1) is 12.1 Å². The van der Waals surface area contributed by atoms with Crippen LogP contribution in [0.4, 0.5) is 5.69 Å². The van der Waals surface area contributed by atoms with Crippen molar-refractivity contribution >= 4 is 17.6 Å². The summed E-state index contributed by atoms with van der Waals surface area (Å²) in [6, 6.07) is 20.2. The van der Waals surface area contributed by atoms with Crippen molar-refractivity contribution in [3.63, 3.8) is 0 Å². The van der Waals surface area contributed by atoms with Crippen LogP contribution in [0.25, 0.3) is 0 Å². The van der Waals surface area contributed by atoms with Crippen molar-refractivity contribution in [2.45, 2.75) is 33.7 Å². The van der Waals surface area contributed by atoms with E-state index in [9.17, 15) is 14.7 Å². The Balaban J connectivity index is 1.90. The maximum atomic E-state index is 13.3. The molecule has 0 bridgehead atoms. The van der Waals surface area contributed by atoms with Crippen LogP contribution in [0.1, 0.15) is 39.5 Å². The van der Waals surface area contributed by atoms with Crippen LogP contribution in [0.15, 0.2) is 66.7 Å². The average Bonchev–Trinajstić information content (AvgIpc) is 2.78. The first-order valence-electron chi connectivity index (χ1n) is 10.3. The Hall–Kier alpha value is -3.60. The van der Waals surface area contributed by atoms with Crippen molar-refractivity contribution in [3.8, 4) is 5.75 Å². The molecule has 0 heterocycles. The van der Waals surface area contributed by atoms with Crippen LogP contribution in [0, 0.1) is 13.8 Å². The summed E-state index contributed by atoms with van der Waals surface area (Å²) in [6.07, 6.45) is 0.771. The Labute approximate surface area is 182 Å². The summed E-state index contributed by atoms with van der Waals surface area (Å²) in [5.41, 5.74) is 4.89. The van der Waals surface area contributed by atoms with E-state index in [4.69, 9.17) is 4.74 Å². The highest BCUT2D eigenvalue weighted by Gasteiger charge is 2.20. The molecule has 3 aromatic rings. The van der Waals surface area contributed by atoms with Gasteiger partial charge in [-0.05, 0) is 66.8 Å². The highest BCUT2D eigenvalue weighted by Crippen LogP contribution is 2.25. The van der Waals surface area contributed by atoms with Crippen molar-refractivity contribution in [1.29, 1.82) is 0 Å². The molecule has 0 atom stereocenters. The maximum Gasteiger partial charge on any atom is 0.335 e. The van der Waals surface area contributed by atoms with E-state index >= 15 is 0 Å². The van der Waals surface area contributed by atoms with Crippen LogP contribution >= 0.6 is 0 Å². The van der Waals surface area contributed by atoms with Crippen molar-refractivity contribution in [1.82, 2.24) is 0 Å². The Bertz CT molecular complexity index is 1090. The second-order valence-electron chi connectivity index (χ2n) is 7.45. The molecule has 0 fully saturated rings. The number of carbonyl (C=O) groups excluding carboxylic acids is 1. The second kappa shape index (κ2) is 9.94. The highest BCUT2D eigenvalue weighted by molar-refractivity contribution is 5.95. The zero-order chi connectivity index (χ0) is 22.4. The average molecular weight is 418 g/mol. The number of anilines is 1. The summed E-state index contributed by atoms with van der Waals surface area (Å²) in [7, 11) is 0. The van der Waals surface area contributed by atoms with Crippen molar-refractivity contribution in [2.24, 2.45) is 0 Å². The standard InChI is InChI=1S/C26H27NO4/c1-4-21-11-5-6-13-23(21)27(16-20-10-8-12-22(15-20)26(29)30)25(28)17-31-24-14-7-9-18(2)19(24)3/h5-15H,4,16-17H2,1-3H3,(H,29,30). The van der Waals surface area contributed by atoms with Gasteiger partial charge in [-0.1, -0.05) is 49.4 Å². The van der Waals surface area contributed by atoms with Crippen LogP contribution in [0.5, 0.6) is 5.75 Å². The largest absolute Gasteiger partial charge is 0.483 e. The van der Waals surface area contributed by atoms with E-state index in [-0.39, 0.29) is 24.6 Å². The molecule has 0 aliphatic heterocycles. The van der Waals surface area contributed by atoms with Crippen molar-refractivity contribution < 1.29 is 19.4 Å². The van der Waals surface area contributed by atoms with Gasteiger partial charge in [-0.15, -0.1) is 0 Å². The van der Waals surface area contributed by atoms with E-state index in [0.29, 0.717) is 5.75 Å². The summed E-state index contributed by atoms with van der Waals surface area (Å²) in [6.45, 7) is 6.16. The van der Waals surface area contributed by atoms with Crippen LogP contribution in [0.2, 0.25) is 0 Å². The molecule has 1 amide bonds. The number of aromatic carboxylic acids is 1. The lowest BCUT2D eigenvalue weighted by Gasteiger charge is -2.26. The molecular formula is C26H27NO4. The Morgan fingerprint density at radius 2 is 1.71 bits per heavy atom. The number of carbonyl (C=O) groups is 2. The van der Waals surface area contributed by atoms with E-state index in [0.717, 1.165) is 34.4 Å². The van der Waals surface area contributed by atoms with Gasteiger partial charge in [0.1, 0.15) is 5.75 Å². The fourth-order valence-corrected chi connectivity index (χ4v) is 3.46. The number of rotatable bonds is 8. The lowest BCUT2D eigenvalue weighted by atomic mass is 10.1. The third-order valence-corrected chi connectivity index (χ3v) is 5.39. The third-order valence-electron chi connectivity index (χ3n) is 5.39. The molecule has 0 aromatic heterocycles. The summed E-state index contributed by atoms with van der Waals surface area (Å²) in [4.78, 5) is 26.3. The molecule has 1 N–H and O–H groups in total. The van der Waals surface area contributed by atoms with Gasteiger partial charge in [0.15, 0.2) is 6.61 Å². The minimum atomic E-state index is -0.994. The zero-order valence-corrected chi connectivity index (χ0v) is 18.1. The van der Waals surface area contributed by atoms with Gasteiger partial charge in [0.25, 0.3) is 5.91 Å². The number of ether oxygens (including phenoxy) is 1. The van der Waals surface area contributed by atoms with Crippen molar-refractivity contribution in [2.75, 3.05) is 11.5 Å². The fourth-order valence-electron chi connectivity index (χ4n) is 3.46. The van der Waals surface area contributed by atoms with E-state index in [1.165, 1.54) is 0 Å². The molecule has 0 unspecified atom stereocenters. The van der Waals surface area contributed by atoms with Gasteiger partial charge < -0.3 is 14.7 Å². The molecule has 0 saturated carbocycles. The SMILES string of the molecule is CCc1ccccc1N(Cc1cccc(C(=O)O)c1)C(=O)COc1cccc(C)c1C. The normalized spacial score (nSPS) is 10.5. The summed E-state index contributed by atoms with van der Waals surface area (Å²) in [5, 5.41) is 9.31. The Morgan fingerprint density at radius 1 is 0.968 bits per heavy atom. The fraction of sp³-hybridized carbons (Fsp3) is 0.231. The summed E-state index contributed by atoms with van der Waals surface area (Å²) < 4.78 is 5.87. The van der Waals surface area contributed by atoms with Crippen molar-refractivity contribution in [3.05, 3.63) is 94.5 Å². The monoisotopic (exact) mass is 417 g/mol. The number of aryl methyl sites for hydroxylation is 2. The van der Waals surface area contributed by atoms with Crippen LogP contribution < -0.4 is 9.64 Å². The number of carboxylic acids is 1. The second-order valence-corrected chi connectivity index (χ2v) is 7.45. The molecule has 0 aliphatic rings. The van der Waals surface area contributed by atoms with E-state index in [1.807, 2.05) is 69.3 Å². The summed E-state index contributed by atoms with van der Waals surface area (Å²) in [5.74, 6) is -0.501. The topological polar surface area (TPSA) is 66.8 Å². The molecule has 5 nitrogen and oxygen atoms in total. The van der Waals surface area contributed by atoms with Gasteiger partial charge in [0, 0.05) is 5.69 Å². The van der Waals surface area contributed by atoms with E-state index < -0.39 is 5.97 Å². The number of hydrogen-bond acceptors (Lipinski definition) is 3. The minimum Gasteiger partial charge on any atom is -0.483 e. The zero-order valence-electron chi connectivity index (χ0n) is 18.1. The molecule has 5 heteroatoms. The number of benzene rings is 3. The lowest BCUT2D eigenvalue weighted by molar-refractivity contribution is -0.120. The number of hydrogen-bond donors (Lipinski definition) is 1. The Morgan fingerprint density at radius 3 is 2.45 bits per heavy atom. The molecule has 0 aliphatic carbocycles. The highest BCUT2D eigenvalue weighted by atomic mass is 16.5. The number of para-hydroxylation sites is 1. The molecular weight excluding hydrogens is 390 g/mol. The maximum absolute atomic E-state index is 13.3. The molecule has 160 valence electrons. The van der Waals surface area contributed by atoms with Gasteiger partial charge in [0.2, 0.25) is 0 Å². The van der Waals surface area contributed by atoms with Gasteiger partial charge in [-0.3, -0.25) is 4.79 Å². The molecule has 0 radical (unpaired) electrons. The third kappa shape index (κ3) is 5.31. The van der Waals surface area contributed by atoms with Gasteiger partial charge in [-0.2, -0.15) is 0 Å². The molecule has 31 heavy (non-hydrogen) atoms. The van der Waals surface area contributed by atoms with E-state index in [1.54, 1.807) is 23.1 Å².